The van der Waals surface area contributed by atoms with Crippen LogP contribution >= 0.6 is 11.3 Å². The molecule has 0 aliphatic heterocycles. The van der Waals surface area contributed by atoms with Crippen molar-refractivity contribution in [3.63, 3.8) is 0 Å². The Labute approximate surface area is 108 Å². The first kappa shape index (κ1) is 11.4. The second kappa shape index (κ2) is 3.93. The fourth-order valence-electron chi connectivity index (χ4n) is 1.89. The van der Waals surface area contributed by atoms with Crippen LogP contribution in [0.5, 0.6) is 0 Å². The van der Waals surface area contributed by atoms with E-state index in [1.165, 1.54) is 11.3 Å². The molecule has 3 rings (SSSR count). The number of aliphatic hydroxyl groups excluding tert-OH is 1. The van der Waals surface area contributed by atoms with E-state index in [0.717, 1.165) is 23.1 Å². The molecule has 0 aromatic carbocycles. The number of fused-ring (bicyclic) bond motifs is 1. The maximum atomic E-state index is 12.1. The zero-order valence-corrected chi connectivity index (χ0v) is 10.5. The molecule has 0 saturated heterocycles. The first-order valence-corrected chi connectivity index (χ1v) is 6.53. The molecule has 4 N–H and O–H groups in total. The number of carbonyl (C=O) groups excluding carboxylic acids is 1. The monoisotopic (exact) mass is 263 g/mol. The predicted molar refractivity (Wildman–Crippen MR) is 70.5 cm³/mol. The fourth-order valence-corrected chi connectivity index (χ4v) is 2.85. The average Bonchev–Trinajstić information content (AvgIpc) is 3.08. The molecule has 0 bridgehead atoms. The van der Waals surface area contributed by atoms with Crippen LogP contribution in [0.25, 0.3) is 10.2 Å². The molecule has 2 aromatic rings. The van der Waals surface area contributed by atoms with Gasteiger partial charge in [-0.1, -0.05) is 0 Å². The van der Waals surface area contributed by atoms with Crippen LogP contribution in [0, 0.1) is 0 Å². The summed E-state index contributed by atoms with van der Waals surface area (Å²) in [5.41, 5.74) is 6.01. The highest BCUT2D eigenvalue weighted by atomic mass is 32.1. The van der Waals surface area contributed by atoms with Crippen LogP contribution in [0.4, 0.5) is 5.69 Å². The van der Waals surface area contributed by atoms with E-state index in [0.29, 0.717) is 10.6 Å². The van der Waals surface area contributed by atoms with E-state index in [-0.39, 0.29) is 12.5 Å². The summed E-state index contributed by atoms with van der Waals surface area (Å²) < 4.78 is 0. The van der Waals surface area contributed by atoms with Crippen molar-refractivity contribution in [2.75, 3.05) is 12.3 Å². The minimum Gasteiger partial charge on any atom is -0.397 e. The maximum absolute atomic E-state index is 12.1. The number of rotatable bonds is 3. The van der Waals surface area contributed by atoms with Crippen molar-refractivity contribution in [3.8, 4) is 0 Å². The largest absolute Gasteiger partial charge is 0.397 e. The van der Waals surface area contributed by atoms with Gasteiger partial charge < -0.3 is 16.2 Å². The van der Waals surface area contributed by atoms with Crippen molar-refractivity contribution in [2.24, 2.45) is 0 Å². The van der Waals surface area contributed by atoms with E-state index in [4.69, 9.17) is 5.73 Å². The summed E-state index contributed by atoms with van der Waals surface area (Å²) in [4.78, 5) is 17.6. The summed E-state index contributed by atoms with van der Waals surface area (Å²) in [6.45, 7) is -0.0260. The second-order valence-electron chi connectivity index (χ2n) is 4.59. The molecule has 2 heterocycles. The van der Waals surface area contributed by atoms with Crippen LogP contribution in [0.15, 0.2) is 18.3 Å². The standard InChI is InChI=1S/C12H13N3O2S/c13-8-7-2-1-5-14-11(7)18-9(8)10(17)15-12(6-16)3-4-12/h1-2,5,16H,3-4,6,13H2,(H,15,17). The van der Waals surface area contributed by atoms with Gasteiger partial charge in [-0.25, -0.2) is 4.98 Å². The number of nitrogens with zero attached hydrogens (tertiary/aromatic N) is 1. The third-order valence-corrected chi connectivity index (χ3v) is 4.37. The third-order valence-electron chi connectivity index (χ3n) is 3.25. The van der Waals surface area contributed by atoms with E-state index < -0.39 is 5.54 Å². The van der Waals surface area contributed by atoms with Gasteiger partial charge in [0.2, 0.25) is 0 Å². The van der Waals surface area contributed by atoms with Gasteiger partial charge in [0.05, 0.1) is 17.8 Å². The van der Waals surface area contributed by atoms with Crippen LogP contribution < -0.4 is 11.1 Å². The minimum absolute atomic E-state index is 0.0260. The van der Waals surface area contributed by atoms with Crippen molar-refractivity contribution in [3.05, 3.63) is 23.2 Å². The third kappa shape index (κ3) is 1.74. The molecule has 6 heteroatoms. The molecule has 5 nitrogen and oxygen atoms in total. The molecule has 0 atom stereocenters. The number of nitrogen functional groups attached to an aromatic ring is 1. The predicted octanol–water partition coefficient (Wildman–Crippen LogP) is 1.13. The molecule has 1 amide bonds. The highest BCUT2D eigenvalue weighted by molar-refractivity contribution is 7.21. The Morgan fingerprint density at radius 2 is 2.39 bits per heavy atom. The average molecular weight is 263 g/mol. The van der Waals surface area contributed by atoms with E-state index in [1.807, 2.05) is 6.07 Å². The number of carbonyl (C=O) groups is 1. The van der Waals surface area contributed by atoms with Crippen LogP contribution in [-0.2, 0) is 0 Å². The summed E-state index contributed by atoms with van der Waals surface area (Å²) in [6, 6.07) is 3.65. The van der Waals surface area contributed by atoms with Crippen molar-refractivity contribution >= 4 is 33.1 Å². The number of pyridine rings is 1. The van der Waals surface area contributed by atoms with Crippen molar-refractivity contribution in [2.45, 2.75) is 18.4 Å². The van der Waals surface area contributed by atoms with Gasteiger partial charge in [-0.3, -0.25) is 4.79 Å². The molecule has 1 saturated carbocycles. The highest BCUT2D eigenvalue weighted by Crippen LogP contribution is 2.37. The molecule has 2 aromatic heterocycles. The number of anilines is 1. The fraction of sp³-hybridized carbons (Fsp3) is 0.333. The van der Waals surface area contributed by atoms with Crippen LogP contribution in [0.3, 0.4) is 0 Å². The number of hydrogen-bond acceptors (Lipinski definition) is 5. The first-order chi connectivity index (χ1) is 8.65. The zero-order chi connectivity index (χ0) is 12.8. The SMILES string of the molecule is Nc1c(C(=O)NC2(CO)CC2)sc2ncccc12. The Morgan fingerprint density at radius 3 is 3.00 bits per heavy atom. The number of aromatic nitrogens is 1. The minimum atomic E-state index is -0.423. The summed E-state index contributed by atoms with van der Waals surface area (Å²) in [6.07, 6.45) is 3.31. The maximum Gasteiger partial charge on any atom is 0.264 e. The van der Waals surface area contributed by atoms with Gasteiger partial charge >= 0.3 is 0 Å². The van der Waals surface area contributed by atoms with Crippen molar-refractivity contribution in [1.29, 1.82) is 0 Å². The van der Waals surface area contributed by atoms with E-state index in [1.54, 1.807) is 12.3 Å². The molecule has 1 aliphatic carbocycles. The van der Waals surface area contributed by atoms with Crippen molar-refractivity contribution in [1.82, 2.24) is 10.3 Å². The number of nitrogens with two attached hydrogens (primary N) is 1. The van der Waals surface area contributed by atoms with E-state index in [2.05, 4.69) is 10.3 Å². The van der Waals surface area contributed by atoms with Gasteiger partial charge in [-0.15, -0.1) is 11.3 Å². The number of amides is 1. The quantitative estimate of drug-likeness (QED) is 0.774. The second-order valence-corrected chi connectivity index (χ2v) is 5.59. The summed E-state index contributed by atoms with van der Waals surface area (Å²) in [7, 11) is 0. The van der Waals surface area contributed by atoms with Crippen molar-refractivity contribution < 1.29 is 9.90 Å². The van der Waals surface area contributed by atoms with Gasteiger partial charge in [-0.2, -0.15) is 0 Å². The highest BCUT2D eigenvalue weighted by Gasteiger charge is 2.44. The Kier molecular flexibility index (Phi) is 2.49. The molecule has 18 heavy (non-hydrogen) atoms. The summed E-state index contributed by atoms with van der Waals surface area (Å²) >= 11 is 1.28. The summed E-state index contributed by atoms with van der Waals surface area (Å²) in [5.74, 6) is -0.220. The van der Waals surface area contributed by atoms with Crippen LogP contribution in [-0.4, -0.2) is 28.1 Å². The van der Waals surface area contributed by atoms with Gasteiger partial charge in [0.15, 0.2) is 0 Å². The molecule has 1 aliphatic rings. The van der Waals surface area contributed by atoms with E-state index in [9.17, 15) is 9.90 Å². The topological polar surface area (TPSA) is 88.2 Å². The molecule has 0 spiro atoms. The normalized spacial score (nSPS) is 16.7. The van der Waals surface area contributed by atoms with Gasteiger partial charge in [0.25, 0.3) is 5.91 Å². The lowest BCUT2D eigenvalue weighted by Gasteiger charge is -2.13. The Balaban J connectivity index is 1.94. The first-order valence-electron chi connectivity index (χ1n) is 5.72. The Morgan fingerprint density at radius 1 is 1.61 bits per heavy atom. The molecule has 0 radical (unpaired) electrons. The van der Waals surface area contributed by atoms with Gasteiger partial charge in [0.1, 0.15) is 9.71 Å². The smallest absolute Gasteiger partial charge is 0.264 e. The summed E-state index contributed by atoms with van der Waals surface area (Å²) in [5, 5.41) is 12.9. The number of thiophene rings is 1. The number of aliphatic hydroxyl groups is 1. The van der Waals surface area contributed by atoms with E-state index >= 15 is 0 Å². The number of hydrogen-bond donors (Lipinski definition) is 3. The van der Waals surface area contributed by atoms with Gasteiger partial charge in [-0.05, 0) is 25.0 Å². The molecule has 0 unspecified atom stereocenters. The van der Waals surface area contributed by atoms with Gasteiger partial charge in [0, 0.05) is 11.6 Å². The van der Waals surface area contributed by atoms with Crippen LogP contribution in [0.1, 0.15) is 22.5 Å². The zero-order valence-electron chi connectivity index (χ0n) is 9.64. The molecule has 94 valence electrons. The van der Waals surface area contributed by atoms with Crippen LogP contribution in [0.2, 0.25) is 0 Å². The Bertz CT molecular complexity index is 619. The Hall–Kier alpha value is -1.66. The molecular formula is C12H13N3O2S. The lowest BCUT2D eigenvalue weighted by atomic mass is 10.2. The number of nitrogens with one attached hydrogen (secondary N) is 1. The molecule has 1 fully saturated rings. The lowest BCUT2D eigenvalue weighted by Crippen LogP contribution is -2.39. The molecular weight excluding hydrogens is 250 g/mol. The lowest BCUT2D eigenvalue weighted by molar-refractivity contribution is 0.0912.